The molecule has 0 fully saturated rings. The molecule has 0 saturated heterocycles. The van der Waals surface area contributed by atoms with Crippen molar-refractivity contribution in [2.45, 2.75) is 6.42 Å². The van der Waals surface area contributed by atoms with Gasteiger partial charge in [-0.15, -0.1) is 0 Å². The molecule has 0 heterocycles. The van der Waals surface area contributed by atoms with Crippen LogP contribution in [-0.4, -0.2) is 17.4 Å². The number of benzene rings is 1. The Kier molecular flexibility index (Phi) is 3.61. The van der Waals surface area contributed by atoms with Crippen LogP contribution in [0.15, 0.2) is 24.3 Å². The molecule has 0 aliphatic heterocycles. The number of anilines is 1. The lowest BCUT2D eigenvalue weighted by Gasteiger charge is -2.06. The summed E-state index contributed by atoms with van der Waals surface area (Å²) in [5.41, 5.74) is 0.236. The Morgan fingerprint density at radius 3 is 2.67 bits per heavy atom. The van der Waals surface area contributed by atoms with Crippen molar-refractivity contribution in [3.8, 4) is 0 Å². The molecule has 0 bridgehead atoms. The molecule has 0 saturated carbocycles. The molecule has 0 aliphatic carbocycles. The summed E-state index contributed by atoms with van der Waals surface area (Å²) in [4.78, 5) is 20.2. The fourth-order valence-electron chi connectivity index (χ4n) is 1.08. The van der Waals surface area contributed by atoms with Crippen molar-refractivity contribution in [1.29, 1.82) is 0 Å². The van der Waals surface area contributed by atoms with E-state index in [1.54, 1.807) is 12.1 Å². The Balaban J connectivity index is 2.67. The largest absolute Gasteiger partial charge is 0.550 e. The Hall–Kier alpha value is -2.11. The van der Waals surface area contributed by atoms with Gasteiger partial charge in [-0.3, -0.25) is 10.1 Å². The minimum atomic E-state index is -1.19. The molecule has 1 aromatic rings. The number of hydrogen-bond donors (Lipinski definition) is 1. The fourth-order valence-corrected chi connectivity index (χ4v) is 1.08. The molecule has 0 spiro atoms. The van der Waals surface area contributed by atoms with E-state index in [1.807, 2.05) is 0 Å². The molecule has 0 aliphatic rings. The van der Waals surface area contributed by atoms with Gasteiger partial charge >= 0.3 is 0 Å². The summed E-state index contributed by atoms with van der Waals surface area (Å²) in [6.45, 7) is 0.104. The van der Waals surface area contributed by atoms with E-state index >= 15 is 0 Å². The normalized spacial score (nSPS) is 9.60. The molecule has 1 N–H and O–H groups in total. The number of carboxylic acids is 1. The molecule has 0 aromatic heterocycles. The molecule has 80 valence electrons. The van der Waals surface area contributed by atoms with E-state index in [9.17, 15) is 20.0 Å². The van der Waals surface area contributed by atoms with Crippen LogP contribution < -0.4 is 10.4 Å². The summed E-state index contributed by atoms with van der Waals surface area (Å²) >= 11 is 0. The highest BCUT2D eigenvalue weighted by atomic mass is 16.6. The van der Waals surface area contributed by atoms with Gasteiger partial charge in [0.25, 0.3) is 5.69 Å². The van der Waals surface area contributed by atoms with Gasteiger partial charge < -0.3 is 15.2 Å². The van der Waals surface area contributed by atoms with Gasteiger partial charge in [0.15, 0.2) is 0 Å². The number of nitro benzene ring substituents is 1. The van der Waals surface area contributed by atoms with Crippen LogP contribution in [0.3, 0.4) is 0 Å². The maximum absolute atomic E-state index is 10.6. The van der Waals surface area contributed by atoms with Gasteiger partial charge in [-0.25, -0.2) is 0 Å². The highest BCUT2D eigenvalue weighted by molar-refractivity contribution is 5.66. The third-order valence-corrected chi connectivity index (χ3v) is 1.75. The second-order valence-corrected chi connectivity index (χ2v) is 2.82. The van der Waals surface area contributed by atoms with Crippen LogP contribution in [0, 0.1) is 10.1 Å². The van der Waals surface area contributed by atoms with Gasteiger partial charge in [0.2, 0.25) is 0 Å². The summed E-state index contributed by atoms with van der Waals surface area (Å²) < 4.78 is 0. The molecule has 6 nitrogen and oxygen atoms in total. The van der Waals surface area contributed by atoms with Crippen LogP contribution in [0.25, 0.3) is 0 Å². The topological polar surface area (TPSA) is 95.3 Å². The summed E-state index contributed by atoms with van der Waals surface area (Å²) in [7, 11) is 0. The number of carbonyl (C=O) groups excluding carboxylic acids is 1. The van der Waals surface area contributed by atoms with Crippen LogP contribution >= 0.6 is 0 Å². The molecule has 1 rings (SSSR count). The third-order valence-electron chi connectivity index (χ3n) is 1.75. The predicted molar refractivity (Wildman–Crippen MR) is 51.2 cm³/mol. The Labute approximate surface area is 85.7 Å². The third kappa shape index (κ3) is 3.26. The number of rotatable bonds is 5. The maximum atomic E-state index is 10.6. The lowest BCUT2D eigenvalue weighted by Crippen LogP contribution is -2.24. The lowest BCUT2D eigenvalue weighted by molar-refractivity contribution is -0.384. The zero-order valence-electron chi connectivity index (χ0n) is 7.80. The van der Waals surface area contributed by atoms with Crippen LogP contribution in [0.4, 0.5) is 11.4 Å². The first kappa shape index (κ1) is 11.0. The number of nitro groups is 1. The average molecular weight is 209 g/mol. The van der Waals surface area contributed by atoms with E-state index in [4.69, 9.17) is 0 Å². The van der Waals surface area contributed by atoms with Crippen molar-refractivity contribution >= 4 is 17.3 Å². The van der Waals surface area contributed by atoms with Crippen LogP contribution in [0.5, 0.6) is 0 Å². The Morgan fingerprint density at radius 2 is 2.07 bits per heavy atom. The van der Waals surface area contributed by atoms with Crippen molar-refractivity contribution in [3.63, 3.8) is 0 Å². The minimum Gasteiger partial charge on any atom is -0.550 e. The van der Waals surface area contributed by atoms with E-state index in [0.29, 0.717) is 5.69 Å². The molecule has 6 heteroatoms. The van der Waals surface area contributed by atoms with Crippen LogP contribution in [-0.2, 0) is 4.79 Å². The molecular weight excluding hydrogens is 200 g/mol. The van der Waals surface area contributed by atoms with Crippen LogP contribution in [0.2, 0.25) is 0 Å². The zero-order chi connectivity index (χ0) is 11.3. The summed E-state index contributed by atoms with van der Waals surface area (Å²) in [6, 6.07) is 6.05. The number of aliphatic carboxylic acids is 1. The van der Waals surface area contributed by atoms with Gasteiger partial charge in [-0.05, 0) is 6.07 Å². The monoisotopic (exact) mass is 209 g/mol. The standard InChI is InChI=1S/C9H10N2O4/c12-9(13)5-6-10-7-3-1-2-4-8(7)11(14)15/h1-4,10H,5-6H2,(H,12,13)/p-1. The van der Waals surface area contributed by atoms with E-state index in [-0.39, 0.29) is 18.7 Å². The fraction of sp³-hybridized carbons (Fsp3) is 0.222. The minimum absolute atomic E-state index is 0.0733. The molecule has 15 heavy (non-hydrogen) atoms. The maximum Gasteiger partial charge on any atom is 0.292 e. The predicted octanol–water partition coefficient (Wildman–Crippen LogP) is 0.147. The van der Waals surface area contributed by atoms with E-state index in [0.717, 1.165) is 0 Å². The van der Waals surface area contributed by atoms with Crippen molar-refractivity contribution in [2.24, 2.45) is 0 Å². The first-order valence-electron chi connectivity index (χ1n) is 4.28. The van der Waals surface area contributed by atoms with Crippen molar-refractivity contribution in [2.75, 3.05) is 11.9 Å². The van der Waals surface area contributed by atoms with Crippen molar-refractivity contribution < 1.29 is 14.8 Å². The van der Waals surface area contributed by atoms with Gasteiger partial charge in [0.05, 0.1) is 4.92 Å². The number of carboxylic acid groups (broad SMARTS) is 1. The first-order chi connectivity index (χ1) is 7.11. The summed E-state index contributed by atoms with van der Waals surface area (Å²) in [5, 5.41) is 23.3. The molecule has 0 atom stereocenters. The highest BCUT2D eigenvalue weighted by Crippen LogP contribution is 2.22. The van der Waals surface area contributed by atoms with E-state index in [1.165, 1.54) is 12.1 Å². The quantitative estimate of drug-likeness (QED) is 0.550. The number of carbonyl (C=O) groups is 1. The number of hydrogen-bond acceptors (Lipinski definition) is 5. The van der Waals surface area contributed by atoms with E-state index in [2.05, 4.69) is 5.32 Å². The Bertz CT molecular complexity index is 378. The van der Waals surface area contributed by atoms with E-state index < -0.39 is 10.9 Å². The summed E-state index contributed by atoms with van der Waals surface area (Å²) in [5.74, 6) is -1.19. The van der Waals surface area contributed by atoms with Gasteiger partial charge in [0, 0.05) is 25.0 Å². The molecular formula is C9H9N2O4-. The van der Waals surface area contributed by atoms with Crippen molar-refractivity contribution in [3.05, 3.63) is 34.4 Å². The lowest BCUT2D eigenvalue weighted by atomic mass is 10.2. The second-order valence-electron chi connectivity index (χ2n) is 2.82. The SMILES string of the molecule is O=C([O-])CCNc1ccccc1[N+](=O)[O-]. The molecule has 1 aromatic carbocycles. The molecule has 0 amide bonds. The van der Waals surface area contributed by atoms with Crippen molar-refractivity contribution in [1.82, 2.24) is 0 Å². The average Bonchev–Trinajstić information content (AvgIpc) is 2.17. The molecule has 0 radical (unpaired) electrons. The number of para-hydroxylation sites is 2. The van der Waals surface area contributed by atoms with Gasteiger partial charge in [-0.1, -0.05) is 12.1 Å². The first-order valence-corrected chi connectivity index (χ1v) is 4.28. The zero-order valence-corrected chi connectivity index (χ0v) is 7.80. The number of nitrogens with one attached hydrogen (secondary N) is 1. The number of nitrogens with zero attached hydrogens (tertiary/aromatic N) is 1. The highest BCUT2D eigenvalue weighted by Gasteiger charge is 2.10. The molecule has 0 unspecified atom stereocenters. The van der Waals surface area contributed by atoms with Gasteiger partial charge in [0.1, 0.15) is 5.69 Å². The smallest absolute Gasteiger partial charge is 0.292 e. The Morgan fingerprint density at radius 1 is 1.40 bits per heavy atom. The van der Waals surface area contributed by atoms with Crippen LogP contribution in [0.1, 0.15) is 6.42 Å². The van der Waals surface area contributed by atoms with Gasteiger partial charge in [-0.2, -0.15) is 0 Å². The summed E-state index contributed by atoms with van der Waals surface area (Å²) in [6.07, 6.45) is -0.188. The second kappa shape index (κ2) is 4.94.